The van der Waals surface area contributed by atoms with Gasteiger partial charge in [0.25, 0.3) is 0 Å². The van der Waals surface area contributed by atoms with Crippen LogP contribution >= 0.6 is 12.9 Å². The Morgan fingerprint density at radius 1 is 1.38 bits per heavy atom. The first kappa shape index (κ1) is 9.92. The molecule has 0 aromatic heterocycles. The third kappa shape index (κ3) is 3.85. The van der Waals surface area contributed by atoms with Gasteiger partial charge in [0.15, 0.2) is 0 Å². The maximum Gasteiger partial charge on any atom is 0.419 e. The normalized spacial score (nSPS) is 9.31. The van der Waals surface area contributed by atoms with Crippen LogP contribution in [0.3, 0.4) is 0 Å². The van der Waals surface area contributed by atoms with Crippen molar-refractivity contribution in [3.8, 4) is 0 Å². The zero-order valence-electron chi connectivity index (χ0n) is 7.06. The van der Waals surface area contributed by atoms with Crippen LogP contribution in [0.15, 0.2) is 30.3 Å². The molecule has 0 saturated heterocycles. The van der Waals surface area contributed by atoms with E-state index in [1.165, 1.54) is 5.56 Å². The van der Waals surface area contributed by atoms with Gasteiger partial charge in [-0.2, -0.15) is 0 Å². The number of benzene rings is 1. The van der Waals surface area contributed by atoms with Crippen LogP contribution in [0, 0.1) is 0 Å². The lowest BCUT2D eigenvalue weighted by molar-refractivity contribution is 0.209. The molecule has 0 unspecified atom stereocenters. The molecule has 0 aliphatic heterocycles. The van der Waals surface area contributed by atoms with Crippen molar-refractivity contribution in [2.45, 2.75) is 6.42 Å². The molecule has 3 nitrogen and oxygen atoms in total. The second-order valence-electron chi connectivity index (χ2n) is 2.54. The van der Waals surface area contributed by atoms with Gasteiger partial charge >= 0.3 is 6.09 Å². The van der Waals surface area contributed by atoms with E-state index < -0.39 is 6.09 Å². The molecule has 0 saturated carbocycles. The van der Waals surface area contributed by atoms with Crippen LogP contribution in [0.4, 0.5) is 4.79 Å². The molecule has 0 aliphatic carbocycles. The van der Waals surface area contributed by atoms with Gasteiger partial charge in [0, 0.05) is 19.5 Å². The van der Waals surface area contributed by atoms with Crippen LogP contribution in [-0.4, -0.2) is 12.6 Å². The molecule has 70 valence electrons. The van der Waals surface area contributed by atoms with Crippen LogP contribution in [0.2, 0.25) is 0 Å². The third-order valence-electron chi connectivity index (χ3n) is 1.61. The summed E-state index contributed by atoms with van der Waals surface area (Å²) in [5, 5.41) is 2.54. The highest BCUT2D eigenvalue weighted by molar-refractivity contribution is 7.75. The minimum absolute atomic E-state index is 0.515. The van der Waals surface area contributed by atoms with Gasteiger partial charge < -0.3 is 9.50 Å². The molecular weight excluding hydrogens is 186 g/mol. The summed E-state index contributed by atoms with van der Waals surface area (Å²) in [6.45, 7) is 0.559. The Bertz CT molecular complexity index is 264. The van der Waals surface area contributed by atoms with Crippen molar-refractivity contribution in [2.75, 3.05) is 6.54 Å². The van der Waals surface area contributed by atoms with Crippen molar-refractivity contribution in [3.63, 3.8) is 0 Å². The smallest absolute Gasteiger partial charge is 0.378 e. The monoisotopic (exact) mass is 197 g/mol. The Kier molecular flexibility index (Phi) is 4.18. The number of amides is 1. The third-order valence-corrected chi connectivity index (χ3v) is 1.77. The topological polar surface area (TPSA) is 38.3 Å². The van der Waals surface area contributed by atoms with Crippen LogP contribution < -0.4 is 5.32 Å². The fraction of sp³-hybridized carbons (Fsp3) is 0.222. The number of hydrogen-bond donors (Lipinski definition) is 2. The van der Waals surface area contributed by atoms with Crippen molar-refractivity contribution in [1.29, 1.82) is 0 Å². The number of carbonyl (C=O) groups is 1. The molecule has 1 amide bonds. The Balaban J connectivity index is 2.24. The average Bonchev–Trinajstić information content (AvgIpc) is 2.19. The predicted molar refractivity (Wildman–Crippen MR) is 53.6 cm³/mol. The largest absolute Gasteiger partial charge is 0.419 e. The van der Waals surface area contributed by atoms with Crippen LogP contribution in [0.5, 0.6) is 0 Å². The lowest BCUT2D eigenvalue weighted by Crippen LogP contribution is -2.24. The molecule has 0 bridgehead atoms. The van der Waals surface area contributed by atoms with E-state index in [-0.39, 0.29) is 0 Å². The quantitative estimate of drug-likeness (QED) is 0.573. The van der Waals surface area contributed by atoms with Crippen molar-refractivity contribution < 1.29 is 8.98 Å². The fourth-order valence-corrected chi connectivity index (χ4v) is 1.05. The molecule has 1 rings (SSSR count). The summed E-state index contributed by atoms with van der Waals surface area (Å²) in [7, 11) is 0. The van der Waals surface area contributed by atoms with Crippen molar-refractivity contribution in [1.82, 2.24) is 5.32 Å². The first-order chi connectivity index (χ1) is 6.33. The maximum atomic E-state index is 10.6. The lowest BCUT2D eigenvalue weighted by Gasteiger charge is -2.02. The van der Waals surface area contributed by atoms with Gasteiger partial charge in [0.2, 0.25) is 0 Å². The van der Waals surface area contributed by atoms with Gasteiger partial charge in [0.05, 0.1) is 0 Å². The number of hydrogen-bond acceptors (Lipinski definition) is 3. The minimum Gasteiger partial charge on any atom is -0.378 e. The summed E-state index contributed by atoms with van der Waals surface area (Å²) in [5.41, 5.74) is 1.18. The van der Waals surface area contributed by atoms with E-state index >= 15 is 0 Å². The Morgan fingerprint density at radius 3 is 2.69 bits per heavy atom. The van der Waals surface area contributed by atoms with E-state index in [2.05, 4.69) is 22.4 Å². The van der Waals surface area contributed by atoms with Gasteiger partial charge in [-0.05, 0) is 12.0 Å². The number of nitrogens with one attached hydrogen (secondary N) is 1. The minimum atomic E-state index is -0.515. The highest BCUT2D eigenvalue weighted by Crippen LogP contribution is 1.98. The standard InChI is InChI=1S/C9H11NO2S/c11-9(12-13)10-7-6-8-4-2-1-3-5-8/h1-5,13H,6-7H2,(H,10,11). The van der Waals surface area contributed by atoms with E-state index in [9.17, 15) is 4.79 Å². The number of carbonyl (C=O) groups excluding carboxylic acids is 1. The Morgan fingerprint density at radius 2 is 2.08 bits per heavy atom. The SMILES string of the molecule is O=C(NCCc1ccccc1)OS. The first-order valence-electron chi connectivity index (χ1n) is 3.96. The lowest BCUT2D eigenvalue weighted by atomic mass is 10.1. The van der Waals surface area contributed by atoms with Gasteiger partial charge in [-0.3, -0.25) is 0 Å². The van der Waals surface area contributed by atoms with Gasteiger partial charge in [-0.25, -0.2) is 4.79 Å². The maximum absolute atomic E-state index is 10.6. The predicted octanol–water partition coefficient (Wildman–Crippen LogP) is 1.80. The highest BCUT2D eigenvalue weighted by atomic mass is 32.1. The molecule has 0 radical (unpaired) electrons. The fourth-order valence-electron chi connectivity index (χ4n) is 0.986. The Labute approximate surface area is 82.7 Å². The molecule has 0 spiro atoms. The molecule has 0 fully saturated rings. The molecule has 1 N–H and O–H groups in total. The van der Waals surface area contributed by atoms with Crippen LogP contribution in [0.25, 0.3) is 0 Å². The summed E-state index contributed by atoms with van der Waals surface area (Å²) in [6, 6.07) is 9.90. The van der Waals surface area contributed by atoms with Crippen molar-refractivity contribution in [2.24, 2.45) is 0 Å². The van der Waals surface area contributed by atoms with Crippen molar-refractivity contribution in [3.05, 3.63) is 35.9 Å². The van der Waals surface area contributed by atoms with E-state index in [0.29, 0.717) is 6.54 Å². The average molecular weight is 197 g/mol. The van der Waals surface area contributed by atoms with E-state index in [1.807, 2.05) is 30.3 Å². The van der Waals surface area contributed by atoms with E-state index in [4.69, 9.17) is 0 Å². The molecule has 0 aliphatic rings. The number of rotatable bonds is 3. The van der Waals surface area contributed by atoms with E-state index in [1.54, 1.807) is 0 Å². The molecule has 1 aromatic carbocycles. The molecule has 0 atom stereocenters. The summed E-state index contributed by atoms with van der Waals surface area (Å²) in [5.74, 6) is 0. The highest BCUT2D eigenvalue weighted by Gasteiger charge is 1.97. The summed E-state index contributed by atoms with van der Waals surface area (Å²) >= 11 is 3.36. The second kappa shape index (κ2) is 5.48. The summed E-state index contributed by atoms with van der Waals surface area (Å²) in [4.78, 5) is 10.6. The van der Waals surface area contributed by atoms with E-state index in [0.717, 1.165) is 6.42 Å². The summed E-state index contributed by atoms with van der Waals surface area (Å²) in [6.07, 6.45) is 0.281. The molecule has 4 heteroatoms. The number of thiol groups is 1. The van der Waals surface area contributed by atoms with Crippen molar-refractivity contribution >= 4 is 19.0 Å². The van der Waals surface area contributed by atoms with Gasteiger partial charge in [-0.1, -0.05) is 30.3 Å². The molecule has 13 heavy (non-hydrogen) atoms. The Hall–Kier alpha value is -1.16. The molecule has 1 aromatic rings. The molecule has 0 heterocycles. The zero-order valence-corrected chi connectivity index (χ0v) is 7.96. The first-order valence-corrected chi connectivity index (χ1v) is 4.32. The van der Waals surface area contributed by atoms with Crippen LogP contribution in [0.1, 0.15) is 5.56 Å². The second-order valence-corrected chi connectivity index (χ2v) is 2.72. The zero-order chi connectivity index (χ0) is 9.52. The summed E-state index contributed by atoms with van der Waals surface area (Å²) < 4.78 is 4.13. The molecular formula is C9H11NO2S. The van der Waals surface area contributed by atoms with Gasteiger partial charge in [0.1, 0.15) is 0 Å². The van der Waals surface area contributed by atoms with Gasteiger partial charge in [-0.15, -0.1) is 0 Å². The van der Waals surface area contributed by atoms with Crippen LogP contribution in [-0.2, 0) is 10.6 Å².